The Hall–Kier alpha value is -4.27. The highest BCUT2D eigenvalue weighted by Gasteiger charge is 2.20. The molecule has 2 aromatic carbocycles. The van der Waals surface area contributed by atoms with Crippen LogP contribution in [0.4, 0.5) is 0 Å². The van der Waals surface area contributed by atoms with E-state index in [0.717, 1.165) is 33.6 Å². The van der Waals surface area contributed by atoms with E-state index < -0.39 is 0 Å². The van der Waals surface area contributed by atoms with Gasteiger partial charge in [0.25, 0.3) is 5.89 Å². The molecule has 3 aromatic heterocycles. The van der Waals surface area contributed by atoms with Gasteiger partial charge in [0.15, 0.2) is 5.69 Å². The molecule has 9 heteroatoms. The first-order valence-corrected chi connectivity index (χ1v) is 9.53. The summed E-state index contributed by atoms with van der Waals surface area (Å²) in [5.41, 5.74) is 3.68. The van der Waals surface area contributed by atoms with Crippen molar-refractivity contribution in [2.24, 2.45) is 0 Å². The van der Waals surface area contributed by atoms with Gasteiger partial charge in [0.05, 0.1) is 31.1 Å². The lowest BCUT2D eigenvalue weighted by molar-refractivity contribution is 0.399. The van der Waals surface area contributed by atoms with Gasteiger partial charge >= 0.3 is 0 Å². The van der Waals surface area contributed by atoms with Crippen molar-refractivity contribution in [2.45, 2.75) is 6.92 Å². The fraction of sp³-hybridized carbons (Fsp3) is 0.136. The molecule has 0 spiro atoms. The number of hydrogen-bond donors (Lipinski definition) is 0. The summed E-state index contributed by atoms with van der Waals surface area (Å²) >= 11 is 0. The molecule has 0 saturated heterocycles. The number of aromatic nitrogens is 6. The van der Waals surface area contributed by atoms with Gasteiger partial charge in [-0.2, -0.15) is 4.98 Å². The van der Waals surface area contributed by atoms with E-state index >= 15 is 0 Å². The number of methoxy groups -OCH3 is 2. The first-order chi connectivity index (χ1) is 15.2. The Kier molecular flexibility index (Phi) is 4.55. The topological polar surface area (TPSA) is 101 Å². The molecule has 5 aromatic rings. The van der Waals surface area contributed by atoms with Crippen molar-refractivity contribution in [1.82, 2.24) is 30.1 Å². The Balaban J connectivity index is 1.55. The van der Waals surface area contributed by atoms with Gasteiger partial charge in [-0.3, -0.25) is 0 Å². The predicted octanol–water partition coefficient (Wildman–Crippen LogP) is 3.86. The summed E-state index contributed by atoms with van der Waals surface area (Å²) in [7, 11) is 3.20. The number of pyridine rings is 1. The third kappa shape index (κ3) is 3.25. The fourth-order valence-corrected chi connectivity index (χ4v) is 3.37. The molecule has 0 radical (unpaired) electrons. The van der Waals surface area contributed by atoms with Crippen LogP contribution >= 0.6 is 0 Å². The summed E-state index contributed by atoms with van der Waals surface area (Å²) in [4.78, 5) is 9.04. The molecule has 0 N–H and O–H groups in total. The minimum absolute atomic E-state index is 0.284. The monoisotopic (exact) mass is 414 g/mol. The van der Waals surface area contributed by atoms with Crippen LogP contribution in [0.25, 0.3) is 39.6 Å². The maximum absolute atomic E-state index is 5.54. The third-order valence-corrected chi connectivity index (χ3v) is 4.98. The molecule has 154 valence electrons. The molecule has 31 heavy (non-hydrogen) atoms. The number of rotatable bonds is 5. The molecular formula is C22H18N6O3. The molecule has 0 fully saturated rings. The second-order valence-corrected chi connectivity index (χ2v) is 6.79. The van der Waals surface area contributed by atoms with E-state index in [2.05, 4.69) is 25.4 Å². The summed E-state index contributed by atoms with van der Waals surface area (Å²) in [6, 6.07) is 17.0. The Labute approximate surface area is 177 Å². The van der Waals surface area contributed by atoms with Crippen LogP contribution in [0, 0.1) is 6.92 Å². The van der Waals surface area contributed by atoms with Crippen molar-refractivity contribution in [1.29, 1.82) is 0 Å². The van der Waals surface area contributed by atoms with Gasteiger partial charge in [-0.1, -0.05) is 28.6 Å². The molecule has 0 bridgehead atoms. The minimum Gasteiger partial charge on any atom is -0.497 e. The van der Waals surface area contributed by atoms with Gasteiger partial charge < -0.3 is 14.0 Å². The number of nitrogens with zero attached hydrogens (tertiary/aromatic N) is 6. The zero-order chi connectivity index (χ0) is 21.4. The van der Waals surface area contributed by atoms with Crippen molar-refractivity contribution in [3.8, 4) is 40.3 Å². The molecule has 0 atom stereocenters. The van der Waals surface area contributed by atoms with Crippen LogP contribution in [-0.2, 0) is 0 Å². The molecule has 0 saturated carbocycles. The first kappa shape index (κ1) is 18.7. The van der Waals surface area contributed by atoms with Crippen LogP contribution in [0.3, 0.4) is 0 Å². The highest BCUT2D eigenvalue weighted by atomic mass is 16.5. The lowest BCUT2D eigenvalue weighted by atomic mass is 10.1. The van der Waals surface area contributed by atoms with E-state index in [0.29, 0.717) is 17.4 Å². The first-order valence-electron chi connectivity index (χ1n) is 9.53. The van der Waals surface area contributed by atoms with Gasteiger partial charge in [0, 0.05) is 17.0 Å². The molecule has 0 amide bonds. The Morgan fingerprint density at radius 1 is 0.935 bits per heavy atom. The highest BCUT2D eigenvalue weighted by Crippen LogP contribution is 2.31. The molecule has 0 unspecified atom stereocenters. The van der Waals surface area contributed by atoms with Crippen molar-refractivity contribution < 1.29 is 14.0 Å². The van der Waals surface area contributed by atoms with Crippen LogP contribution in [0.1, 0.15) is 5.69 Å². The second-order valence-electron chi connectivity index (χ2n) is 6.79. The number of fused-ring (bicyclic) bond motifs is 1. The molecular weight excluding hydrogens is 396 g/mol. The van der Waals surface area contributed by atoms with Gasteiger partial charge in [-0.25, -0.2) is 9.67 Å². The van der Waals surface area contributed by atoms with Crippen molar-refractivity contribution >= 4 is 10.9 Å². The average Bonchev–Trinajstić information content (AvgIpc) is 3.45. The van der Waals surface area contributed by atoms with E-state index in [-0.39, 0.29) is 5.89 Å². The van der Waals surface area contributed by atoms with Crippen LogP contribution in [0.15, 0.2) is 59.1 Å². The SMILES string of the molecule is COc1ccc(-n2nnc(-c3nc(-c4cc(OC)nc5ccccc45)no3)c2C)cc1. The van der Waals surface area contributed by atoms with E-state index in [9.17, 15) is 0 Å². The number of benzene rings is 2. The summed E-state index contributed by atoms with van der Waals surface area (Å²) in [5.74, 6) is 1.95. The third-order valence-electron chi connectivity index (χ3n) is 4.98. The van der Waals surface area contributed by atoms with Gasteiger partial charge in [-0.05, 0) is 37.3 Å². The molecule has 0 aliphatic carbocycles. The number of hydrogen-bond acceptors (Lipinski definition) is 8. The maximum Gasteiger partial charge on any atom is 0.280 e. The molecule has 5 rings (SSSR count). The summed E-state index contributed by atoms with van der Waals surface area (Å²) < 4.78 is 17.8. The molecule has 0 aliphatic heterocycles. The quantitative estimate of drug-likeness (QED) is 0.427. The molecule has 3 heterocycles. The van der Waals surface area contributed by atoms with Crippen molar-refractivity contribution in [3.05, 3.63) is 60.3 Å². The van der Waals surface area contributed by atoms with Gasteiger partial charge in [0.1, 0.15) is 5.75 Å². The summed E-state index contributed by atoms with van der Waals surface area (Å²) in [5, 5.41) is 13.6. The second kappa shape index (κ2) is 7.52. The van der Waals surface area contributed by atoms with Crippen molar-refractivity contribution in [3.63, 3.8) is 0 Å². The lowest BCUT2D eigenvalue weighted by Gasteiger charge is -2.05. The smallest absolute Gasteiger partial charge is 0.280 e. The Morgan fingerprint density at radius 3 is 2.52 bits per heavy atom. The predicted molar refractivity (Wildman–Crippen MR) is 113 cm³/mol. The van der Waals surface area contributed by atoms with Crippen molar-refractivity contribution in [2.75, 3.05) is 14.2 Å². The van der Waals surface area contributed by atoms with Crippen LogP contribution in [0.2, 0.25) is 0 Å². The molecule has 0 aliphatic rings. The normalized spacial score (nSPS) is 11.1. The summed E-state index contributed by atoms with van der Waals surface area (Å²) in [6.45, 7) is 1.90. The van der Waals surface area contributed by atoms with Crippen LogP contribution in [0.5, 0.6) is 11.6 Å². The largest absolute Gasteiger partial charge is 0.497 e. The summed E-state index contributed by atoms with van der Waals surface area (Å²) in [6.07, 6.45) is 0. The van der Waals surface area contributed by atoms with Gasteiger partial charge in [-0.15, -0.1) is 5.10 Å². The van der Waals surface area contributed by atoms with Crippen LogP contribution in [-0.4, -0.2) is 44.3 Å². The number of ether oxygens (including phenoxy) is 2. The molecule has 9 nitrogen and oxygen atoms in total. The Morgan fingerprint density at radius 2 is 1.74 bits per heavy atom. The zero-order valence-corrected chi connectivity index (χ0v) is 17.1. The van der Waals surface area contributed by atoms with E-state index in [1.165, 1.54) is 0 Å². The maximum atomic E-state index is 5.54. The van der Waals surface area contributed by atoms with E-state index in [4.69, 9.17) is 14.0 Å². The fourth-order valence-electron chi connectivity index (χ4n) is 3.37. The van der Waals surface area contributed by atoms with E-state index in [1.807, 2.05) is 55.5 Å². The average molecular weight is 414 g/mol. The van der Waals surface area contributed by atoms with Gasteiger partial charge in [0.2, 0.25) is 11.7 Å². The van der Waals surface area contributed by atoms with E-state index in [1.54, 1.807) is 25.0 Å². The minimum atomic E-state index is 0.284. The number of para-hydroxylation sites is 1. The van der Waals surface area contributed by atoms with Crippen LogP contribution < -0.4 is 9.47 Å². The standard InChI is InChI=1S/C22H18N6O3/c1-13-20(25-27-28(13)14-8-10-15(29-2)11-9-14)22-24-21(26-31-22)17-12-19(30-3)23-18-7-5-4-6-16(17)18/h4-12H,1-3H3. The Bertz CT molecular complexity index is 1370. The lowest BCUT2D eigenvalue weighted by Crippen LogP contribution is -1.99. The zero-order valence-electron chi connectivity index (χ0n) is 17.1. The highest BCUT2D eigenvalue weighted by molar-refractivity contribution is 5.93.